The molecule has 0 radical (unpaired) electrons. The Morgan fingerprint density at radius 1 is 0.778 bits per heavy atom. The Bertz CT molecular complexity index is 42.2. The smallest absolute Gasteiger partial charge is 0.402 e. The van der Waals surface area contributed by atoms with Gasteiger partial charge in [0.1, 0.15) is 0 Å². The van der Waals surface area contributed by atoms with Crippen molar-refractivity contribution in [3.8, 4) is 0 Å². The molecule has 0 atom stereocenters. The van der Waals surface area contributed by atoms with Gasteiger partial charge in [0.25, 0.3) is 0 Å². The number of rotatable bonds is 2. The van der Waals surface area contributed by atoms with Crippen LogP contribution in [0.1, 0.15) is 0 Å². The Labute approximate surface area is 78.3 Å². The van der Waals surface area contributed by atoms with E-state index in [4.69, 9.17) is 20.1 Å². The maximum absolute atomic E-state index is 7.74. The Morgan fingerprint density at radius 3 is 1.00 bits per heavy atom. The monoisotopic (exact) mass is 234 g/mol. The van der Waals surface area contributed by atoms with Crippen LogP contribution in [0.15, 0.2) is 0 Å². The van der Waals surface area contributed by atoms with Crippen LogP contribution in [0.5, 0.6) is 0 Å². The molecule has 44 valence electrons. The molecule has 0 aromatic heterocycles. The Morgan fingerprint density at radius 2 is 1.00 bits per heavy atom. The largest absolute Gasteiger partial charge is 0.621 e. The van der Waals surface area contributed by atoms with Crippen LogP contribution in [-0.4, -0.2) is 34.7 Å². The van der Waals surface area contributed by atoms with Gasteiger partial charge in [-0.05, 0) is 0 Å². The van der Waals surface area contributed by atoms with Gasteiger partial charge in [0, 0.05) is 39.0 Å². The van der Waals surface area contributed by atoms with Crippen LogP contribution < -0.4 is 0 Å². The molecular weight excluding hydrogens is 232 g/mol. The topological polar surface area (TPSA) is 90.2 Å². The van der Waals surface area contributed by atoms with Crippen LogP contribution in [0.3, 0.4) is 0 Å². The molecule has 0 saturated heterocycles. The molecule has 0 heterocycles. The van der Waals surface area contributed by atoms with Crippen LogP contribution in [0, 0.1) is 0 Å². The zero-order valence-corrected chi connectivity index (χ0v) is 10.7. The van der Waals surface area contributed by atoms with E-state index in [2.05, 4.69) is 4.57 Å². The van der Waals surface area contributed by atoms with Gasteiger partial charge in [-0.1, -0.05) is 0 Å². The van der Waals surface area contributed by atoms with Crippen molar-refractivity contribution < 1.29 is 63.6 Å². The Hall–Kier alpha value is 1.18. The first-order valence-electron chi connectivity index (χ1n) is 1.50. The van der Waals surface area contributed by atoms with E-state index < -0.39 is 14.6 Å². The molecule has 0 unspecified atom stereocenters. The molecule has 0 saturated carbocycles. The van der Waals surface area contributed by atoms with Crippen molar-refractivity contribution in [3.05, 3.63) is 0 Å². The second-order valence-electron chi connectivity index (χ2n) is 0.789. The molecule has 9 heteroatoms. The van der Waals surface area contributed by atoms with E-state index in [0.29, 0.717) is 0 Å². The predicted molar refractivity (Wildman–Crippen MR) is 21.5 cm³/mol. The van der Waals surface area contributed by atoms with Crippen LogP contribution in [0.4, 0.5) is 0 Å². The predicted octanol–water partition coefficient (Wildman–Crippen LogP) is -3.06. The van der Waals surface area contributed by atoms with Gasteiger partial charge in [-0.2, -0.15) is 0 Å². The molecule has 5 nitrogen and oxygen atoms in total. The van der Waals surface area contributed by atoms with Crippen molar-refractivity contribution in [3.63, 3.8) is 0 Å². The summed E-state index contributed by atoms with van der Waals surface area (Å²) in [5.74, 6) is 0. The minimum Gasteiger partial charge on any atom is -0.402 e. The van der Waals surface area contributed by atoms with Crippen molar-refractivity contribution in [1.82, 2.24) is 0 Å². The van der Waals surface area contributed by atoms with Crippen molar-refractivity contribution in [2.45, 2.75) is 0 Å². The van der Waals surface area contributed by atoms with Crippen molar-refractivity contribution in [2.75, 3.05) is 0 Å². The normalized spacial score (nSPS) is 6.67. The molecule has 0 aliphatic rings. The van der Waals surface area contributed by atoms with E-state index in [0.717, 1.165) is 0 Å². The van der Waals surface area contributed by atoms with Gasteiger partial charge < -0.3 is 24.7 Å². The van der Waals surface area contributed by atoms with E-state index in [1.54, 1.807) is 0 Å². The summed E-state index contributed by atoms with van der Waals surface area (Å²) in [5.41, 5.74) is 0. The van der Waals surface area contributed by atoms with Crippen molar-refractivity contribution >= 4 is 14.6 Å². The van der Waals surface area contributed by atoms with E-state index >= 15 is 0 Å². The summed E-state index contributed by atoms with van der Waals surface area (Å²) in [7, 11) is -4.25. The summed E-state index contributed by atoms with van der Waals surface area (Å²) in [6.45, 7) is 0. The molecule has 4 N–H and O–H groups in total. The Balaban J connectivity index is -0.000000180. The minimum atomic E-state index is -2.13. The summed E-state index contributed by atoms with van der Waals surface area (Å²) >= 11 is 0. The number of hydrogen-bond donors (Lipinski definition) is 4. The molecule has 0 fully saturated rings. The summed E-state index contributed by atoms with van der Waals surface area (Å²) in [5, 5.41) is 30.9. The maximum Gasteiger partial charge on any atom is 0.621 e. The third-order valence-corrected chi connectivity index (χ3v) is 0.243. The van der Waals surface area contributed by atoms with Gasteiger partial charge in [-0.3, -0.25) is 0 Å². The molecule has 0 rings (SSSR count). The third kappa shape index (κ3) is 17.6. The van der Waals surface area contributed by atoms with Gasteiger partial charge >= 0.3 is 14.6 Å². The third-order valence-electron chi connectivity index (χ3n) is 0.243. The SMILES string of the molecule is OB(O)OB(O)O.[Zn].[Zn]. The van der Waals surface area contributed by atoms with Crippen LogP contribution in [0.25, 0.3) is 0 Å². The number of hydrogen-bond acceptors (Lipinski definition) is 5. The fourth-order valence-electron chi connectivity index (χ4n) is 0.109. The molecule has 9 heavy (non-hydrogen) atoms. The first-order chi connectivity index (χ1) is 3.13. The summed E-state index contributed by atoms with van der Waals surface area (Å²) in [6.07, 6.45) is 0. The zero-order chi connectivity index (χ0) is 5.86. The van der Waals surface area contributed by atoms with Crippen LogP contribution in [-0.2, 0) is 43.5 Å². The Kier molecular flexibility index (Phi) is 17.0. The fraction of sp³-hybridized carbons (Fsp3) is 0. The van der Waals surface area contributed by atoms with Crippen LogP contribution >= 0.6 is 0 Å². The van der Waals surface area contributed by atoms with Crippen LogP contribution in [0.2, 0.25) is 0 Å². The van der Waals surface area contributed by atoms with E-state index in [-0.39, 0.29) is 39.0 Å². The first kappa shape index (κ1) is 16.6. The molecule has 0 amide bonds. The summed E-state index contributed by atoms with van der Waals surface area (Å²) in [6, 6.07) is 0. The molecule has 0 bridgehead atoms. The summed E-state index contributed by atoms with van der Waals surface area (Å²) < 4.78 is 3.47. The fourth-order valence-corrected chi connectivity index (χ4v) is 0.109. The standard InChI is InChI=1S/B2H4O5.2Zn/c3-1(4)7-2(5)6;;/h3-6H;;. The van der Waals surface area contributed by atoms with Crippen molar-refractivity contribution in [1.29, 1.82) is 0 Å². The molecule has 0 aliphatic heterocycles. The van der Waals surface area contributed by atoms with Gasteiger partial charge in [-0.15, -0.1) is 0 Å². The average Bonchev–Trinajstić information content (AvgIpc) is 1.27. The van der Waals surface area contributed by atoms with Crippen molar-refractivity contribution in [2.24, 2.45) is 0 Å². The molecular formula is H4B2O5Zn2. The maximum atomic E-state index is 7.74. The molecule has 0 aromatic carbocycles. The van der Waals surface area contributed by atoms with E-state index in [1.165, 1.54) is 0 Å². The minimum absolute atomic E-state index is 0. The van der Waals surface area contributed by atoms with Gasteiger partial charge in [-0.25, -0.2) is 0 Å². The molecule has 0 aliphatic carbocycles. The van der Waals surface area contributed by atoms with Gasteiger partial charge in [0.15, 0.2) is 0 Å². The molecule has 0 aromatic rings. The van der Waals surface area contributed by atoms with E-state index in [1.807, 2.05) is 0 Å². The second kappa shape index (κ2) is 9.18. The average molecular weight is 236 g/mol. The quantitative estimate of drug-likeness (QED) is 0.382. The van der Waals surface area contributed by atoms with E-state index in [9.17, 15) is 0 Å². The van der Waals surface area contributed by atoms with Gasteiger partial charge in [0.05, 0.1) is 0 Å². The molecule has 0 spiro atoms. The first-order valence-corrected chi connectivity index (χ1v) is 1.50. The van der Waals surface area contributed by atoms with Gasteiger partial charge in [0.2, 0.25) is 0 Å². The second-order valence-corrected chi connectivity index (χ2v) is 0.789. The zero-order valence-electron chi connectivity index (χ0n) is 4.77. The summed E-state index contributed by atoms with van der Waals surface area (Å²) in [4.78, 5) is 0.